The fraction of sp³-hybridized carbons (Fsp3) is 0.545. The molecule has 0 fully saturated rings. The zero-order chi connectivity index (χ0) is 12.1. The zero-order valence-electron chi connectivity index (χ0n) is 10.2. The van der Waals surface area contributed by atoms with Crippen molar-refractivity contribution in [1.29, 1.82) is 0 Å². The Morgan fingerprint density at radius 2 is 2.35 bits per heavy atom. The molecular formula is C11H17N5O. The van der Waals surface area contributed by atoms with Crippen molar-refractivity contribution in [2.75, 3.05) is 6.54 Å². The summed E-state index contributed by atoms with van der Waals surface area (Å²) in [6.45, 7) is 3.72. The second-order valence-electron chi connectivity index (χ2n) is 3.87. The third-order valence-corrected chi connectivity index (χ3v) is 2.62. The van der Waals surface area contributed by atoms with Gasteiger partial charge >= 0.3 is 0 Å². The third-order valence-electron chi connectivity index (χ3n) is 2.62. The van der Waals surface area contributed by atoms with Gasteiger partial charge in [-0.3, -0.25) is 4.68 Å². The Labute approximate surface area is 100 Å². The highest BCUT2D eigenvalue weighted by Crippen LogP contribution is 2.03. The van der Waals surface area contributed by atoms with E-state index in [0.717, 1.165) is 31.6 Å². The number of hydrogen-bond acceptors (Lipinski definition) is 5. The van der Waals surface area contributed by atoms with Crippen LogP contribution < -0.4 is 5.32 Å². The molecule has 0 radical (unpaired) electrons. The Morgan fingerprint density at radius 3 is 3.00 bits per heavy atom. The van der Waals surface area contributed by atoms with Crippen LogP contribution in [0.15, 0.2) is 16.9 Å². The fourth-order valence-corrected chi connectivity index (χ4v) is 1.63. The molecule has 0 amide bonds. The van der Waals surface area contributed by atoms with Crippen LogP contribution in [0.25, 0.3) is 0 Å². The number of aryl methyl sites for hydroxylation is 2. The summed E-state index contributed by atoms with van der Waals surface area (Å²) in [5, 5.41) is 11.3. The number of rotatable bonds is 6. The Bertz CT molecular complexity index is 448. The van der Waals surface area contributed by atoms with E-state index < -0.39 is 0 Å². The summed E-state index contributed by atoms with van der Waals surface area (Å²) in [4.78, 5) is 3.96. The molecule has 0 saturated heterocycles. The second-order valence-corrected chi connectivity index (χ2v) is 3.87. The summed E-state index contributed by atoms with van der Waals surface area (Å²) in [6.07, 6.45) is 3.14. The molecular weight excluding hydrogens is 218 g/mol. The first kappa shape index (κ1) is 11.8. The van der Waals surface area contributed by atoms with Gasteiger partial charge in [-0.1, -0.05) is 12.1 Å². The predicted molar refractivity (Wildman–Crippen MR) is 62.3 cm³/mol. The van der Waals surface area contributed by atoms with Crippen LogP contribution in [0, 0.1) is 0 Å². The monoisotopic (exact) mass is 235 g/mol. The lowest BCUT2D eigenvalue weighted by Crippen LogP contribution is -2.18. The third kappa shape index (κ3) is 3.13. The summed E-state index contributed by atoms with van der Waals surface area (Å²) >= 11 is 0. The normalized spacial score (nSPS) is 10.9. The van der Waals surface area contributed by atoms with Crippen LogP contribution >= 0.6 is 0 Å². The molecule has 0 bridgehead atoms. The Kier molecular flexibility index (Phi) is 3.87. The Morgan fingerprint density at radius 1 is 1.47 bits per heavy atom. The van der Waals surface area contributed by atoms with E-state index in [-0.39, 0.29) is 0 Å². The standard InChI is InChI=1S/C11H17N5O/c1-3-9-6-10(16(2)15-9)7-12-5-4-11-13-8-14-17-11/h6,8,12H,3-5,7H2,1-2H3. The average Bonchev–Trinajstić information content (AvgIpc) is 2.94. The largest absolute Gasteiger partial charge is 0.340 e. The van der Waals surface area contributed by atoms with Crippen molar-refractivity contribution in [3.05, 3.63) is 29.7 Å². The van der Waals surface area contributed by atoms with E-state index in [1.807, 2.05) is 11.7 Å². The minimum absolute atomic E-state index is 0.664. The van der Waals surface area contributed by atoms with Crippen molar-refractivity contribution in [3.8, 4) is 0 Å². The van der Waals surface area contributed by atoms with Gasteiger partial charge in [0.15, 0.2) is 6.33 Å². The molecule has 92 valence electrons. The number of hydrogen-bond donors (Lipinski definition) is 1. The van der Waals surface area contributed by atoms with Crippen molar-refractivity contribution in [1.82, 2.24) is 25.2 Å². The van der Waals surface area contributed by atoms with Crippen LogP contribution in [0.2, 0.25) is 0 Å². The van der Waals surface area contributed by atoms with E-state index in [9.17, 15) is 0 Å². The lowest BCUT2D eigenvalue weighted by atomic mass is 10.3. The van der Waals surface area contributed by atoms with Crippen LogP contribution in [0.1, 0.15) is 24.2 Å². The quantitative estimate of drug-likeness (QED) is 0.746. The lowest BCUT2D eigenvalue weighted by Gasteiger charge is -2.02. The van der Waals surface area contributed by atoms with E-state index in [4.69, 9.17) is 4.52 Å². The molecule has 0 spiro atoms. The maximum absolute atomic E-state index is 4.91. The Balaban J connectivity index is 1.76. The lowest BCUT2D eigenvalue weighted by molar-refractivity contribution is 0.374. The number of nitrogens with zero attached hydrogens (tertiary/aromatic N) is 4. The molecule has 1 N–H and O–H groups in total. The van der Waals surface area contributed by atoms with E-state index in [0.29, 0.717) is 5.89 Å². The maximum atomic E-state index is 4.91. The molecule has 6 nitrogen and oxygen atoms in total. The van der Waals surface area contributed by atoms with Crippen molar-refractivity contribution >= 4 is 0 Å². The molecule has 17 heavy (non-hydrogen) atoms. The van der Waals surface area contributed by atoms with Gasteiger partial charge in [0.1, 0.15) is 0 Å². The molecule has 2 heterocycles. The molecule has 2 aromatic heterocycles. The average molecular weight is 235 g/mol. The maximum Gasteiger partial charge on any atom is 0.227 e. The van der Waals surface area contributed by atoms with Gasteiger partial charge in [-0.25, -0.2) is 0 Å². The minimum Gasteiger partial charge on any atom is -0.340 e. The summed E-state index contributed by atoms with van der Waals surface area (Å²) < 4.78 is 6.83. The van der Waals surface area contributed by atoms with Gasteiger partial charge in [0.2, 0.25) is 5.89 Å². The van der Waals surface area contributed by atoms with E-state index >= 15 is 0 Å². The molecule has 0 aliphatic heterocycles. The molecule has 2 aromatic rings. The topological polar surface area (TPSA) is 68.8 Å². The van der Waals surface area contributed by atoms with Crippen molar-refractivity contribution < 1.29 is 4.52 Å². The first-order chi connectivity index (χ1) is 8.29. The second kappa shape index (κ2) is 5.58. The number of nitrogens with one attached hydrogen (secondary N) is 1. The van der Waals surface area contributed by atoms with Crippen LogP contribution in [-0.2, 0) is 26.4 Å². The molecule has 0 unspecified atom stereocenters. The number of aromatic nitrogens is 4. The summed E-state index contributed by atoms with van der Waals surface area (Å²) in [5.41, 5.74) is 2.31. The molecule has 0 aliphatic rings. The van der Waals surface area contributed by atoms with Crippen molar-refractivity contribution in [3.63, 3.8) is 0 Å². The summed E-state index contributed by atoms with van der Waals surface area (Å²) in [5.74, 6) is 0.664. The minimum atomic E-state index is 0.664. The predicted octanol–water partition coefficient (Wildman–Crippen LogP) is 0.698. The van der Waals surface area contributed by atoms with Crippen LogP contribution in [0.5, 0.6) is 0 Å². The zero-order valence-corrected chi connectivity index (χ0v) is 10.2. The van der Waals surface area contributed by atoms with Gasteiger partial charge in [-0.15, -0.1) is 0 Å². The van der Waals surface area contributed by atoms with Gasteiger partial charge in [0.05, 0.1) is 11.4 Å². The molecule has 0 atom stereocenters. The van der Waals surface area contributed by atoms with Gasteiger partial charge in [-0.2, -0.15) is 10.1 Å². The smallest absolute Gasteiger partial charge is 0.227 e. The molecule has 0 aliphatic carbocycles. The molecule has 0 saturated carbocycles. The van der Waals surface area contributed by atoms with E-state index in [2.05, 4.69) is 33.5 Å². The summed E-state index contributed by atoms with van der Waals surface area (Å²) in [7, 11) is 1.97. The SMILES string of the molecule is CCc1cc(CNCCc2ncno2)n(C)n1. The van der Waals surface area contributed by atoms with E-state index in [1.165, 1.54) is 12.0 Å². The first-order valence-electron chi connectivity index (χ1n) is 5.77. The highest BCUT2D eigenvalue weighted by molar-refractivity contribution is 5.09. The van der Waals surface area contributed by atoms with Gasteiger partial charge in [-0.05, 0) is 12.5 Å². The van der Waals surface area contributed by atoms with Gasteiger partial charge in [0, 0.05) is 26.6 Å². The fourth-order valence-electron chi connectivity index (χ4n) is 1.63. The molecule has 0 aromatic carbocycles. The highest BCUT2D eigenvalue weighted by atomic mass is 16.5. The van der Waals surface area contributed by atoms with Gasteiger partial charge in [0.25, 0.3) is 0 Å². The van der Waals surface area contributed by atoms with Crippen LogP contribution in [0.4, 0.5) is 0 Å². The Hall–Kier alpha value is -1.69. The first-order valence-corrected chi connectivity index (χ1v) is 5.77. The van der Waals surface area contributed by atoms with Gasteiger partial charge < -0.3 is 9.84 Å². The van der Waals surface area contributed by atoms with Crippen molar-refractivity contribution in [2.45, 2.75) is 26.3 Å². The van der Waals surface area contributed by atoms with Crippen LogP contribution in [-0.4, -0.2) is 26.5 Å². The molecule has 2 rings (SSSR count). The highest BCUT2D eigenvalue weighted by Gasteiger charge is 2.03. The van der Waals surface area contributed by atoms with Crippen molar-refractivity contribution in [2.24, 2.45) is 7.05 Å². The molecule has 6 heteroatoms. The van der Waals surface area contributed by atoms with E-state index in [1.54, 1.807) is 0 Å². The summed E-state index contributed by atoms with van der Waals surface area (Å²) in [6, 6.07) is 2.12. The van der Waals surface area contributed by atoms with Crippen LogP contribution in [0.3, 0.4) is 0 Å².